The summed E-state index contributed by atoms with van der Waals surface area (Å²) in [6.07, 6.45) is 6.65. The third kappa shape index (κ3) is 8.67. The number of benzene rings is 9. The van der Waals surface area contributed by atoms with E-state index in [2.05, 4.69) is 261 Å². The molecule has 0 N–H and O–H groups in total. The number of nitrogens with zero attached hydrogens (tertiary/aromatic N) is 1. The molecule has 0 spiro atoms. The molecule has 0 fully saturated rings. The van der Waals surface area contributed by atoms with Crippen LogP contribution in [0.1, 0.15) is 69.8 Å². The van der Waals surface area contributed by atoms with E-state index in [1.807, 2.05) is 0 Å². The predicted octanol–water partition coefficient (Wildman–Crippen LogP) is 16.9. The van der Waals surface area contributed by atoms with E-state index in [0.717, 1.165) is 18.5 Å². The number of anilines is 3. The molecule has 0 aromatic heterocycles. The van der Waals surface area contributed by atoms with Crippen LogP contribution in [0.3, 0.4) is 0 Å². The summed E-state index contributed by atoms with van der Waals surface area (Å²) < 4.78 is 0. The summed E-state index contributed by atoms with van der Waals surface area (Å²) in [7, 11) is 0. The standard InChI is InChI=1S/C63H51N/c1-45(2)48-37-39-59(40-38-48)64-62-43-46(41-60(53-19-11-5-12-20-53)55-31-27-51(28-32-55)49-15-7-3-8-16-49)23-25-57(62)35-36-58-26-24-47(44-63(58)64)42-61(54-21-13-6-14-22-54)56-33-29-52(30-34-56)50-17-9-4-10-18-50/h3-34,37-45H,35-36H2,1-2H3. The van der Waals surface area contributed by atoms with Gasteiger partial charge < -0.3 is 4.90 Å². The highest BCUT2D eigenvalue weighted by Gasteiger charge is 2.24. The zero-order valence-electron chi connectivity index (χ0n) is 36.5. The summed E-state index contributed by atoms with van der Waals surface area (Å²) >= 11 is 0. The number of rotatable bonds is 10. The van der Waals surface area contributed by atoms with Crippen LogP contribution in [-0.4, -0.2) is 0 Å². The first kappa shape index (κ1) is 40.3. The van der Waals surface area contributed by atoms with Crippen molar-refractivity contribution in [3.05, 3.63) is 281 Å². The van der Waals surface area contributed by atoms with Gasteiger partial charge in [0.15, 0.2) is 0 Å². The monoisotopic (exact) mass is 821 g/mol. The van der Waals surface area contributed by atoms with E-state index in [1.165, 1.54) is 94.8 Å². The Morgan fingerprint density at radius 2 is 0.734 bits per heavy atom. The van der Waals surface area contributed by atoms with Crippen LogP contribution in [0.5, 0.6) is 0 Å². The van der Waals surface area contributed by atoms with E-state index < -0.39 is 0 Å². The second-order valence-electron chi connectivity index (χ2n) is 17.1. The number of hydrogen-bond donors (Lipinski definition) is 0. The Hall–Kier alpha value is -7.74. The Kier molecular flexibility index (Phi) is 11.5. The average molecular weight is 822 g/mol. The van der Waals surface area contributed by atoms with Crippen LogP contribution in [-0.2, 0) is 12.8 Å². The Morgan fingerprint density at radius 3 is 1.12 bits per heavy atom. The van der Waals surface area contributed by atoms with Crippen molar-refractivity contribution in [2.24, 2.45) is 0 Å². The maximum Gasteiger partial charge on any atom is 0.0499 e. The molecule has 0 amide bonds. The lowest BCUT2D eigenvalue weighted by Gasteiger charge is -2.28. The lowest BCUT2D eigenvalue weighted by atomic mass is 9.93. The SMILES string of the molecule is CC(C)c1ccc(N2c3cc(C=C(c4ccccc4)c4ccc(-c5ccccc5)cc4)ccc3CCc3ccc(C=C(c4ccccc4)c4ccc(-c5ccccc5)cc4)cc32)cc1. The molecule has 1 nitrogen and oxygen atoms in total. The smallest absolute Gasteiger partial charge is 0.0499 e. The maximum atomic E-state index is 2.52. The van der Waals surface area contributed by atoms with Crippen molar-refractivity contribution in [1.82, 2.24) is 0 Å². The molecule has 10 rings (SSSR count). The number of aryl methyl sites for hydroxylation is 2. The molecule has 0 unspecified atom stereocenters. The topological polar surface area (TPSA) is 3.24 Å². The van der Waals surface area contributed by atoms with Gasteiger partial charge >= 0.3 is 0 Å². The van der Waals surface area contributed by atoms with E-state index >= 15 is 0 Å². The average Bonchev–Trinajstić information content (AvgIpc) is 3.52. The third-order valence-electron chi connectivity index (χ3n) is 12.6. The molecule has 9 aromatic carbocycles. The molecule has 0 radical (unpaired) electrons. The zero-order valence-corrected chi connectivity index (χ0v) is 36.5. The minimum atomic E-state index is 0.447. The third-order valence-corrected chi connectivity index (χ3v) is 12.6. The van der Waals surface area contributed by atoms with Crippen LogP contribution >= 0.6 is 0 Å². The van der Waals surface area contributed by atoms with E-state index in [1.54, 1.807) is 0 Å². The highest BCUT2D eigenvalue weighted by molar-refractivity contribution is 5.95. The van der Waals surface area contributed by atoms with Gasteiger partial charge in [0.05, 0.1) is 0 Å². The van der Waals surface area contributed by atoms with Gasteiger partial charge in [-0.05, 0) is 139 Å². The Labute approximate surface area is 379 Å². The fourth-order valence-electron chi connectivity index (χ4n) is 9.05. The highest BCUT2D eigenvalue weighted by atomic mass is 15.1. The molecular weight excluding hydrogens is 771 g/mol. The number of hydrogen-bond acceptors (Lipinski definition) is 1. The van der Waals surface area contributed by atoms with E-state index in [0.29, 0.717) is 5.92 Å². The molecular formula is C63H51N. The lowest BCUT2D eigenvalue weighted by molar-refractivity contribution is 0.866. The van der Waals surface area contributed by atoms with Gasteiger partial charge in [-0.15, -0.1) is 0 Å². The molecule has 0 aliphatic carbocycles. The summed E-state index contributed by atoms with van der Waals surface area (Å²) in [5, 5.41) is 0. The summed E-state index contributed by atoms with van der Waals surface area (Å²) in [4.78, 5) is 2.52. The van der Waals surface area contributed by atoms with Gasteiger partial charge in [0.25, 0.3) is 0 Å². The summed E-state index contributed by atoms with van der Waals surface area (Å²) in [6.45, 7) is 4.53. The summed E-state index contributed by atoms with van der Waals surface area (Å²) in [6, 6.07) is 84.2. The molecule has 1 heterocycles. The van der Waals surface area contributed by atoms with Gasteiger partial charge in [-0.1, -0.05) is 220 Å². The normalized spacial score (nSPS) is 12.7. The van der Waals surface area contributed by atoms with Gasteiger partial charge in [0.1, 0.15) is 0 Å². The first-order chi connectivity index (χ1) is 31.5. The Balaban J connectivity index is 1.09. The molecule has 0 bridgehead atoms. The second-order valence-corrected chi connectivity index (χ2v) is 17.1. The number of fused-ring (bicyclic) bond motifs is 2. The van der Waals surface area contributed by atoms with Crippen LogP contribution < -0.4 is 4.90 Å². The molecule has 1 aliphatic heterocycles. The molecule has 1 heteroatoms. The fourth-order valence-corrected chi connectivity index (χ4v) is 9.05. The molecule has 0 atom stereocenters. The molecule has 0 saturated carbocycles. The highest BCUT2D eigenvalue weighted by Crippen LogP contribution is 2.44. The van der Waals surface area contributed by atoms with Crippen molar-refractivity contribution < 1.29 is 0 Å². The summed E-state index contributed by atoms with van der Waals surface area (Å²) in [5.41, 5.74) is 22.0. The maximum absolute atomic E-state index is 2.52. The van der Waals surface area contributed by atoms with E-state index in [9.17, 15) is 0 Å². The minimum Gasteiger partial charge on any atom is -0.310 e. The van der Waals surface area contributed by atoms with Crippen molar-refractivity contribution in [2.45, 2.75) is 32.6 Å². The molecule has 9 aromatic rings. The molecule has 308 valence electrons. The zero-order chi connectivity index (χ0) is 43.2. The first-order valence-corrected chi connectivity index (χ1v) is 22.6. The van der Waals surface area contributed by atoms with Crippen LogP contribution in [0.2, 0.25) is 0 Å². The molecule has 0 saturated heterocycles. The van der Waals surface area contributed by atoms with Crippen molar-refractivity contribution in [3.8, 4) is 22.3 Å². The quantitative estimate of drug-likeness (QED) is 0.124. The lowest BCUT2D eigenvalue weighted by Crippen LogP contribution is -2.12. The van der Waals surface area contributed by atoms with Gasteiger partial charge in [-0.2, -0.15) is 0 Å². The second kappa shape index (κ2) is 18.3. The molecule has 1 aliphatic rings. The van der Waals surface area contributed by atoms with Crippen LogP contribution in [0.4, 0.5) is 17.1 Å². The van der Waals surface area contributed by atoms with Crippen LogP contribution in [0.15, 0.2) is 231 Å². The predicted molar refractivity (Wildman–Crippen MR) is 273 cm³/mol. The van der Waals surface area contributed by atoms with Gasteiger partial charge in [0.2, 0.25) is 0 Å². The van der Waals surface area contributed by atoms with Crippen molar-refractivity contribution in [3.63, 3.8) is 0 Å². The van der Waals surface area contributed by atoms with Crippen molar-refractivity contribution in [1.29, 1.82) is 0 Å². The van der Waals surface area contributed by atoms with Gasteiger partial charge in [-0.25, -0.2) is 0 Å². The van der Waals surface area contributed by atoms with Crippen molar-refractivity contribution >= 4 is 40.4 Å². The molecule has 64 heavy (non-hydrogen) atoms. The van der Waals surface area contributed by atoms with E-state index in [-0.39, 0.29) is 0 Å². The van der Waals surface area contributed by atoms with Crippen LogP contribution in [0.25, 0.3) is 45.6 Å². The Bertz CT molecular complexity index is 2860. The largest absolute Gasteiger partial charge is 0.310 e. The fraction of sp³-hybridized carbons (Fsp3) is 0.0794. The Morgan fingerprint density at radius 1 is 0.375 bits per heavy atom. The van der Waals surface area contributed by atoms with E-state index in [4.69, 9.17) is 0 Å². The summed E-state index contributed by atoms with van der Waals surface area (Å²) in [5.74, 6) is 0.447. The van der Waals surface area contributed by atoms with Gasteiger partial charge in [-0.3, -0.25) is 0 Å². The van der Waals surface area contributed by atoms with Crippen LogP contribution in [0, 0.1) is 0 Å². The first-order valence-electron chi connectivity index (χ1n) is 22.6. The van der Waals surface area contributed by atoms with Gasteiger partial charge in [0, 0.05) is 17.1 Å². The van der Waals surface area contributed by atoms with Crippen molar-refractivity contribution in [2.75, 3.05) is 4.90 Å². The minimum absolute atomic E-state index is 0.447.